The molecule has 0 saturated carbocycles. The van der Waals surface area contributed by atoms with E-state index in [2.05, 4.69) is 10.3 Å². The maximum absolute atomic E-state index is 11.9. The van der Waals surface area contributed by atoms with Crippen molar-refractivity contribution in [1.29, 1.82) is 0 Å². The van der Waals surface area contributed by atoms with Gasteiger partial charge in [-0.05, 0) is 48.0 Å². The van der Waals surface area contributed by atoms with E-state index in [-0.39, 0.29) is 5.69 Å². The smallest absolute Gasteiger partial charge is 0.361 e. The average molecular weight is 269 g/mol. The number of aryl methyl sites for hydroxylation is 1. The molecular formula is C13H23N3O3. The number of carbonyl (C=O) groups is 1. The first-order valence-electron chi connectivity index (χ1n) is 6.35. The molecule has 0 aliphatic rings. The van der Waals surface area contributed by atoms with E-state index in [0.29, 0.717) is 18.7 Å². The standard InChI is InChI=1S/C13H23N3O3/c1-9-10(11(17)19-12(2,3)4)14-15-16(9)8-7-13(5,6)18/h18H,7-8H2,1-6H3. The fraction of sp³-hybridized carbons (Fsp3) is 0.769. The molecule has 108 valence electrons. The summed E-state index contributed by atoms with van der Waals surface area (Å²) >= 11 is 0. The fourth-order valence-corrected chi connectivity index (χ4v) is 1.47. The van der Waals surface area contributed by atoms with Gasteiger partial charge in [0, 0.05) is 6.54 Å². The van der Waals surface area contributed by atoms with Crippen molar-refractivity contribution in [3.63, 3.8) is 0 Å². The number of aliphatic hydroxyl groups is 1. The van der Waals surface area contributed by atoms with Crippen LogP contribution in [0.4, 0.5) is 0 Å². The minimum Gasteiger partial charge on any atom is -0.455 e. The number of hydrogen-bond acceptors (Lipinski definition) is 5. The van der Waals surface area contributed by atoms with Crippen LogP contribution in [-0.4, -0.2) is 37.3 Å². The second-order valence-electron chi connectivity index (χ2n) is 6.31. The van der Waals surface area contributed by atoms with E-state index in [1.807, 2.05) is 0 Å². The molecule has 0 unspecified atom stereocenters. The van der Waals surface area contributed by atoms with Gasteiger partial charge in [-0.15, -0.1) is 5.10 Å². The van der Waals surface area contributed by atoms with Gasteiger partial charge in [0.1, 0.15) is 5.60 Å². The molecule has 0 amide bonds. The Morgan fingerprint density at radius 1 is 1.32 bits per heavy atom. The fourth-order valence-electron chi connectivity index (χ4n) is 1.47. The van der Waals surface area contributed by atoms with Crippen molar-refractivity contribution in [3.8, 4) is 0 Å². The summed E-state index contributed by atoms with van der Waals surface area (Å²) in [6.07, 6.45) is 0.533. The summed E-state index contributed by atoms with van der Waals surface area (Å²) in [5.41, 5.74) is -0.450. The van der Waals surface area contributed by atoms with Crippen molar-refractivity contribution >= 4 is 5.97 Å². The van der Waals surface area contributed by atoms with Crippen molar-refractivity contribution in [2.24, 2.45) is 0 Å². The molecule has 0 atom stereocenters. The number of rotatable bonds is 4. The molecule has 1 rings (SSSR count). The van der Waals surface area contributed by atoms with E-state index >= 15 is 0 Å². The van der Waals surface area contributed by atoms with Crippen molar-refractivity contribution in [2.45, 2.75) is 65.7 Å². The van der Waals surface area contributed by atoms with Gasteiger partial charge in [0.25, 0.3) is 0 Å². The molecule has 0 aliphatic carbocycles. The third-order valence-corrected chi connectivity index (χ3v) is 2.51. The highest BCUT2D eigenvalue weighted by atomic mass is 16.6. The molecule has 1 N–H and O–H groups in total. The number of hydrogen-bond donors (Lipinski definition) is 1. The first kappa shape index (κ1) is 15.6. The predicted molar refractivity (Wildman–Crippen MR) is 70.8 cm³/mol. The zero-order valence-corrected chi connectivity index (χ0v) is 12.5. The van der Waals surface area contributed by atoms with E-state index < -0.39 is 17.2 Å². The van der Waals surface area contributed by atoms with Gasteiger partial charge in [0.15, 0.2) is 5.69 Å². The summed E-state index contributed by atoms with van der Waals surface area (Å²) in [4.78, 5) is 11.9. The highest BCUT2D eigenvalue weighted by Crippen LogP contribution is 2.15. The van der Waals surface area contributed by atoms with E-state index in [1.165, 1.54) is 0 Å². The first-order chi connectivity index (χ1) is 8.49. The number of ether oxygens (including phenoxy) is 1. The minimum atomic E-state index is -0.773. The first-order valence-corrected chi connectivity index (χ1v) is 6.35. The van der Waals surface area contributed by atoms with E-state index in [9.17, 15) is 9.90 Å². The summed E-state index contributed by atoms with van der Waals surface area (Å²) < 4.78 is 6.87. The molecule has 6 nitrogen and oxygen atoms in total. The number of esters is 1. The van der Waals surface area contributed by atoms with Gasteiger partial charge in [-0.25, -0.2) is 9.48 Å². The molecular weight excluding hydrogens is 246 g/mol. The second kappa shape index (κ2) is 5.28. The summed E-state index contributed by atoms with van der Waals surface area (Å²) in [5, 5.41) is 17.5. The van der Waals surface area contributed by atoms with Crippen molar-refractivity contribution in [2.75, 3.05) is 0 Å². The zero-order valence-electron chi connectivity index (χ0n) is 12.5. The summed E-state index contributed by atoms with van der Waals surface area (Å²) in [6, 6.07) is 0. The quantitative estimate of drug-likeness (QED) is 0.842. The molecule has 0 spiro atoms. The van der Waals surface area contributed by atoms with E-state index in [0.717, 1.165) is 0 Å². The van der Waals surface area contributed by atoms with Crippen LogP contribution in [0, 0.1) is 6.92 Å². The largest absolute Gasteiger partial charge is 0.455 e. The van der Waals surface area contributed by atoms with Gasteiger partial charge >= 0.3 is 5.97 Å². The predicted octanol–water partition coefficient (Wildman–Crippen LogP) is 1.70. The monoisotopic (exact) mass is 269 g/mol. The second-order valence-corrected chi connectivity index (χ2v) is 6.31. The summed E-state index contributed by atoms with van der Waals surface area (Å²) in [6.45, 7) is 11.1. The van der Waals surface area contributed by atoms with E-state index in [4.69, 9.17) is 4.74 Å². The van der Waals surface area contributed by atoms with Crippen LogP contribution in [0.2, 0.25) is 0 Å². The number of aromatic nitrogens is 3. The zero-order chi connectivity index (χ0) is 14.8. The highest BCUT2D eigenvalue weighted by molar-refractivity contribution is 5.88. The van der Waals surface area contributed by atoms with Crippen LogP contribution in [0.25, 0.3) is 0 Å². The van der Waals surface area contributed by atoms with Crippen LogP contribution in [0.3, 0.4) is 0 Å². The molecule has 0 aliphatic heterocycles. The topological polar surface area (TPSA) is 77.2 Å². The Balaban J connectivity index is 2.79. The highest BCUT2D eigenvalue weighted by Gasteiger charge is 2.24. The Kier molecular flexibility index (Phi) is 4.35. The minimum absolute atomic E-state index is 0.227. The summed E-state index contributed by atoms with van der Waals surface area (Å²) in [7, 11) is 0. The lowest BCUT2D eigenvalue weighted by Gasteiger charge is -2.19. The molecule has 1 aromatic heterocycles. The van der Waals surface area contributed by atoms with E-state index in [1.54, 1.807) is 46.2 Å². The van der Waals surface area contributed by atoms with Gasteiger partial charge in [-0.1, -0.05) is 5.21 Å². The lowest BCUT2D eigenvalue weighted by molar-refractivity contribution is 0.00618. The maximum atomic E-state index is 11.9. The molecule has 1 aromatic rings. The maximum Gasteiger partial charge on any atom is 0.361 e. The Morgan fingerprint density at radius 2 is 1.89 bits per heavy atom. The van der Waals surface area contributed by atoms with Crippen molar-refractivity contribution in [3.05, 3.63) is 11.4 Å². The lowest BCUT2D eigenvalue weighted by Crippen LogP contribution is -2.25. The Hall–Kier alpha value is -1.43. The lowest BCUT2D eigenvalue weighted by atomic mass is 10.1. The molecule has 0 radical (unpaired) electrons. The molecule has 0 aromatic carbocycles. The van der Waals surface area contributed by atoms with Crippen LogP contribution in [-0.2, 0) is 11.3 Å². The molecule has 6 heteroatoms. The van der Waals surface area contributed by atoms with Crippen LogP contribution in [0.5, 0.6) is 0 Å². The third kappa shape index (κ3) is 4.98. The van der Waals surface area contributed by atoms with Gasteiger partial charge in [-0.2, -0.15) is 0 Å². The van der Waals surface area contributed by atoms with Crippen LogP contribution in [0.1, 0.15) is 57.2 Å². The third-order valence-electron chi connectivity index (χ3n) is 2.51. The SMILES string of the molecule is Cc1c(C(=O)OC(C)(C)C)nnn1CCC(C)(C)O. The molecule has 1 heterocycles. The Morgan fingerprint density at radius 3 is 2.37 bits per heavy atom. The summed E-state index contributed by atoms with van der Waals surface area (Å²) in [5.74, 6) is -0.473. The average Bonchev–Trinajstić information content (AvgIpc) is 2.53. The van der Waals surface area contributed by atoms with Crippen molar-refractivity contribution < 1.29 is 14.6 Å². The Labute approximate surface area is 113 Å². The molecule has 0 fully saturated rings. The molecule has 0 saturated heterocycles. The van der Waals surface area contributed by atoms with Gasteiger partial charge in [0.05, 0.1) is 11.3 Å². The van der Waals surface area contributed by atoms with Crippen LogP contribution < -0.4 is 0 Å². The normalized spacial score (nSPS) is 12.6. The van der Waals surface area contributed by atoms with Crippen LogP contribution >= 0.6 is 0 Å². The molecule has 19 heavy (non-hydrogen) atoms. The Bertz CT molecular complexity index is 453. The molecule has 0 bridgehead atoms. The number of nitrogens with zero attached hydrogens (tertiary/aromatic N) is 3. The number of carbonyl (C=O) groups excluding carboxylic acids is 1. The van der Waals surface area contributed by atoms with Gasteiger partial charge in [-0.3, -0.25) is 0 Å². The van der Waals surface area contributed by atoms with Gasteiger partial charge in [0.2, 0.25) is 0 Å². The van der Waals surface area contributed by atoms with Crippen molar-refractivity contribution in [1.82, 2.24) is 15.0 Å². The van der Waals surface area contributed by atoms with Crippen LogP contribution in [0.15, 0.2) is 0 Å². The van der Waals surface area contributed by atoms with Gasteiger partial charge < -0.3 is 9.84 Å².